The van der Waals surface area contributed by atoms with E-state index >= 15 is 0 Å². The number of rotatable bonds is 5. The fourth-order valence-electron chi connectivity index (χ4n) is 0.892. The van der Waals surface area contributed by atoms with Gasteiger partial charge in [0, 0.05) is 11.3 Å². The Bertz CT molecular complexity index is 298. The summed E-state index contributed by atoms with van der Waals surface area (Å²) in [6, 6.07) is 0. The van der Waals surface area contributed by atoms with E-state index in [-0.39, 0.29) is 5.78 Å². The molecule has 0 rings (SSSR count). The van der Waals surface area contributed by atoms with Crippen molar-refractivity contribution in [2.24, 2.45) is 0 Å². The van der Waals surface area contributed by atoms with Crippen LogP contribution in [-0.2, 0) is 9.59 Å². The van der Waals surface area contributed by atoms with Gasteiger partial charge in [0.05, 0.1) is 0 Å². The van der Waals surface area contributed by atoms with Crippen LogP contribution in [-0.4, -0.2) is 12.2 Å². The van der Waals surface area contributed by atoms with Gasteiger partial charge < -0.3 is 5.32 Å². The van der Waals surface area contributed by atoms with Crippen molar-refractivity contribution in [3.8, 4) is 0 Å². The summed E-state index contributed by atoms with van der Waals surface area (Å²) in [5.41, 5.74) is 1.29. The molecule has 0 aliphatic carbocycles. The average molecular weight is 193 g/mol. The Balaban J connectivity index is 4.55. The van der Waals surface area contributed by atoms with E-state index in [0.29, 0.717) is 17.7 Å². The molecule has 3 nitrogen and oxygen atoms in total. The van der Waals surface area contributed by atoms with Crippen molar-refractivity contribution in [2.45, 2.75) is 20.8 Å². The Labute approximate surface area is 84.2 Å². The molecule has 0 aromatic carbocycles. The molecule has 0 atom stereocenters. The minimum absolute atomic E-state index is 0.00491. The molecule has 0 aliphatic heterocycles. The van der Waals surface area contributed by atoms with Gasteiger partial charge in [0.1, 0.15) is 0 Å². The number of nitrogens with one attached hydrogen (secondary N) is 1. The maximum Gasteiger partial charge on any atom is 0.211 e. The van der Waals surface area contributed by atoms with Crippen LogP contribution in [0.15, 0.2) is 35.6 Å². The summed E-state index contributed by atoms with van der Waals surface area (Å²) >= 11 is 0. The van der Waals surface area contributed by atoms with Crippen LogP contribution in [0.4, 0.5) is 0 Å². The van der Waals surface area contributed by atoms with Crippen LogP contribution >= 0.6 is 0 Å². The second-order valence-electron chi connectivity index (χ2n) is 2.64. The van der Waals surface area contributed by atoms with Crippen LogP contribution in [0.5, 0.6) is 0 Å². The van der Waals surface area contributed by atoms with Gasteiger partial charge in [-0.2, -0.15) is 0 Å². The molecule has 0 aromatic heterocycles. The second-order valence-corrected chi connectivity index (χ2v) is 2.64. The molecule has 14 heavy (non-hydrogen) atoms. The maximum absolute atomic E-state index is 11.0. The predicted molar refractivity (Wildman–Crippen MR) is 56.5 cm³/mol. The summed E-state index contributed by atoms with van der Waals surface area (Å²) in [5.74, 6) is 0.00491. The van der Waals surface area contributed by atoms with Crippen molar-refractivity contribution in [2.75, 3.05) is 0 Å². The number of hydrogen-bond donors (Lipinski definition) is 1. The summed E-state index contributed by atoms with van der Waals surface area (Å²) < 4.78 is 0. The predicted octanol–water partition coefficient (Wildman–Crippen LogP) is 1.73. The van der Waals surface area contributed by atoms with Gasteiger partial charge in [-0.05, 0) is 32.9 Å². The summed E-state index contributed by atoms with van der Waals surface area (Å²) in [5, 5.41) is 2.51. The first-order valence-electron chi connectivity index (χ1n) is 4.37. The number of hydrogen-bond acceptors (Lipinski definition) is 2. The molecule has 0 bridgehead atoms. The van der Waals surface area contributed by atoms with Gasteiger partial charge >= 0.3 is 0 Å². The molecular weight excluding hydrogens is 178 g/mol. The fourth-order valence-corrected chi connectivity index (χ4v) is 0.892. The van der Waals surface area contributed by atoms with Crippen LogP contribution in [0.25, 0.3) is 0 Å². The van der Waals surface area contributed by atoms with Gasteiger partial charge in [0.15, 0.2) is 5.78 Å². The van der Waals surface area contributed by atoms with E-state index in [2.05, 4.69) is 5.32 Å². The smallest absolute Gasteiger partial charge is 0.211 e. The van der Waals surface area contributed by atoms with Crippen LogP contribution in [0.3, 0.4) is 0 Å². The van der Waals surface area contributed by atoms with E-state index in [9.17, 15) is 9.59 Å². The number of amides is 1. The lowest BCUT2D eigenvalue weighted by Gasteiger charge is -1.98. The molecule has 0 fully saturated rings. The minimum atomic E-state index is 0.00491. The van der Waals surface area contributed by atoms with Gasteiger partial charge in [-0.1, -0.05) is 12.2 Å². The highest BCUT2D eigenvalue weighted by Gasteiger charge is 1.96. The molecular formula is C11H15NO2. The zero-order valence-corrected chi connectivity index (χ0v) is 8.70. The Hall–Kier alpha value is -1.64. The lowest BCUT2D eigenvalue weighted by atomic mass is 10.1. The Morgan fingerprint density at radius 1 is 1.14 bits per heavy atom. The summed E-state index contributed by atoms with van der Waals surface area (Å²) in [7, 11) is 0. The van der Waals surface area contributed by atoms with Gasteiger partial charge in [0.25, 0.3) is 0 Å². The number of allylic oxidation sites excluding steroid dienone is 5. The van der Waals surface area contributed by atoms with E-state index in [1.165, 1.54) is 6.92 Å². The van der Waals surface area contributed by atoms with E-state index in [0.717, 1.165) is 0 Å². The van der Waals surface area contributed by atoms with Crippen molar-refractivity contribution in [1.29, 1.82) is 0 Å². The van der Waals surface area contributed by atoms with Crippen LogP contribution in [0.2, 0.25) is 0 Å². The molecule has 0 unspecified atom stereocenters. The summed E-state index contributed by atoms with van der Waals surface area (Å²) in [4.78, 5) is 21.2. The first-order valence-corrected chi connectivity index (χ1v) is 4.37. The molecule has 0 aromatic rings. The van der Waals surface area contributed by atoms with Crippen molar-refractivity contribution in [1.82, 2.24) is 5.32 Å². The third-order valence-corrected chi connectivity index (χ3v) is 1.70. The number of carbonyl (C=O) groups excluding carboxylic acids is 2. The Morgan fingerprint density at radius 2 is 1.79 bits per heavy atom. The lowest BCUT2D eigenvalue weighted by Crippen LogP contribution is -2.07. The van der Waals surface area contributed by atoms with E-state index in [4.69, 9.17) is 0 Å². The largest absolute Gasteiger partial charge is 0.329 e. The summed E-state index contributed by atoms with van der Waals surface area (Å²) in [6.07, 6.45) is 7.44. The highest BCUT2D eigenvalue weighted by molar-refractivity contribution is 5.96. The second kappa shape index (κ2) is 6.83. The molecule has 76 valence electrons. The zero-order valence-electron chi connectivity index (χ0n) is 8.70. The van der Waals surface area contributed by atoms with Gasteiger partial charge in [0.2, 0.25) is 6.41 Å². The van der Waals surface area contributed by atoms with Crippen LogP contribution in [0, 0.1) is 0 Å². The molecule has 0 aliphatic rings. The lowest BCUT2D eigenvalue weighted by molar-refractivity contribution is -0.113. The van der Waals surface area contributed by atoms with Crippen LogP contribution < -0.4 is 5.32 Å². The maximum atomic E-state index is 11.0. The number of Topliss-reactive ketones (excluding diaryl/α,β-unsaturated/α-hetero) is 1. The van der Waals surface area contributed by atoms with Gasteiger partial charge in [-0.3, -0.25) is 9.59 Å². The van der Waals surface area contributed by atoms with Crippen molar-refractivity contribution < 1.29 is 9.59 Å². The molecule has 3 heteroatoms. The number of ketones is 1. The normalized spacial score (nSPS) is 13.1. The highest BCUT2D eigenvalue weighted by Crippen LogP contribution is 2.01. The first-order chi connectivity index (χ1) is 6.65. The molecule has 0 radical (unpaired) electrons. The molecule has 1 N–H and O–H groups in total. The van der Waals surface area contributed by atoms with Crippen molar-refractivity contribution in [3.63, 3.8) is 0 Å². The first kappa shape index (κ1) is 12.4. The van der Waals surface area contributed by atoms with Crippen molar-refractivity contribution in [3.05, 3.63) is 35.6 Å². The van der Waals surface area contributed by atoms with E-state index in [1.54, 1.807) is 38.2 Å². The Morgan fingerprint density at radius 3 is 2.14 bits per heavy atom. The summed E-state index contributed by atoms with van der Waals surface area (Å²) in [6.45, 7) is 5.10. The van der Waals surface area contributed by atoms with E-state index in [1.807, 2.05) is 0 Å². The van der Waals surface area contributed by atoms with Gasteiger partial charge in [-0.25, -0.2) is 0 Å². The topological polar surface area (TPSA) is 46.2 Å². The monoisotopic (exact) mass is 193 g/mol. The third kappa shape index (κ3) is 4.40. The van der Waals surface area contributed by atoms with Crippen LogP contribution in [0.1, 0.15) is 20.8 Å². The molecule has 0 heterocycles. The average Bonchev–Trinajstić information content (AvgIpc) is 2.16. The molecule has 1 amide bonds. The molecule has 0 spiro atoms. The minimum Gasteiger partial charge on any atom is -0.329 e. The fraction of sp³-hybridized carbons (Fsp3) is 0.273. The third-order valence-electron chi connectivity index (χ3n) is 1.70. The number of carbonyl (C=O) groups is 2. The Kier molecular flexibility index (Phi) is 6.03. The quantitative estimate of drug-likeness (QED) is 0.410. The highest BCUT2D eigenvalue weighted by atomic mass is 16.1. The van der Waals surface area contributed by atoms with Crippen molar-refractivity contribution >= 4 is 12.2 Å². The standard InChI is InChI=1S/C11H15NO2/c1-4-10(9(3)14)6-7-11(5-2)12-8-13/h4-8H,1-3H3,(H,12,13)/b7-6-,10-4+,11-5+. The van der Waals surface area contributed by atoms with Gasteiger partial charge in [-0.15, -0.1) is 0 Å². The molecule has 0 saturated heterocycles. The molecule has 0 saturated carbocycles. The van der Waals surface area contributed by atoms with E-state index < -0.39 is 0 Å². The SMILES string of the molecule is C\C=C(/C=C\C(=C/C)C(C)=O)NC=O. The zero-order chi connectivity index (χ0) is 11.0.